The molecule has 1 aliphatic rings. The molecule has 0 saturated carbocycles. The van der Waals surface area contributed by atoms with E-state index in [1.807, 2.05) is 25.1 Å². The van der Waals surface area contributed by atoms with E-state index >= 15 is 0 Å². The topological polar surface area (TPSA) is 51.1 Å². The lowest BCUT2D eigenvalue weighted by atomic mass is 9.99. The number of ketones is 1. The number of hydrogen-bond donors (Lipinski definition) is 1. The number of benzene rings is 1. The summed E-state index contributed by atoms with van der Waals surface area (Å²) >= 11 is 0. The second kappa shape index (κ2) is 4.96. The van der Waals surface area contributed by atoms with Gasteiger partial charge in [0.05, 0.1) is 5.56 Å². The van der Waals surface area contributed by atoms with Gasteiger partial charge < -0.3 is 5.32 Å². The summed E-state index contributed by atoms with van der Waals surface area (Å²) < 4.78 is 1.66. The van der Waals surface area contributed by atoms with Crippen LogP contribution in [-0.2, 0) is 6.54 Å². The molecule has 1 aliphatic heterocycles. The quantitative estimate of drug-likeness (QED) is 0.850. The van der Waals surface area contributed by atoms with Crippen molar-refractivity contribution in [3.05, 3.63) is 63.4 Å². The summed E-state index contributed by atoms with van der Waals surface area (Å²) in [7, 11) is 0. The summed E-state index contributed by atoms with van der Waals surface area (Å²) in [4.78, 5) is 24.7. The number of carbonyl (C=O) groups excluding carboxylic acids is 1. The van der Waals surface area contributed by atoms with E-state index < -0.39 is 0 Å². The second-order valence-corrected chi connectivity index (χ2v) is 5.02. The number of nitrogens with zero attached hydrogens (tertiary/aromatic N) is 1. The van der Waals surface area contributed by atoms with Crippen LogP contribution >= 0.6 is 0 Å². The molecule has 0 bridgehead atoms. The van der Waals surface area contributed by atoms with Crippen LogP contribution in [-0.4, -0.2) is 16.9 Å². The highest BCUT2D eigenvalue weighted by molar-refractivity contribution is 6.12. The Hall–Kier alpha value is -2.36. The minimum absolute atomic E-state index is 0.0405. The van der Waals surface area contributed by atoms with Crippen LogP contribution in [0.3, 0.4) is 0 Å². The molecule has 0 unspecified atom stereocenters. The van der Waals surface area contributed by atoms with Crippen LogP contribution in [0.5, 0.6) is 0 Å². The molecule has 20 heavy (non-hydrogen) atoms. The molecule has 3 rings (SSSR count). The number of pyridine rings is 1. The highest BCUT2D eigenvalue weighted by Gasteiger charge is 2.22. The number of rotatable bonds is 2. The van der Waals surface area contributed by atoms with Crippen molar-refractivity contribution in [1.82, 2.24) is 4.57 Å². The summed E-state index contributed by atoms with van der Waals surface area (Å²) in [5.74, 6) is 0.622. The predicted molar refractivity (Wildman–Crippen MR) is 78.4 cm³/mol. The van der Waals surface area contributed by atoms with E-state index in [0.717, 1.165) is 18.5 Å². The van der Waals surface area contributed by atoms with Gasteiger partial charge in [0.25, 0.3) is 5.56 Å². The fourth-order valence-electron chi connectivity index (χ4n) is 2.64. The smallest absolute Gasteiger partial charge is 0.252 e. The fourth-order valence-corrected chi connectivity index (χ4v) is 2.64. The predicted octanol–water partition coefficient (Wildman–Crippen LogP) is 2.20. The van der Waals surface area contributed by atoms with Crippen LogP contribution in [0.25, 0.3) is 0 Å². The fraction of sp³-hybridized carbons (Fsp3) is 0.250. The Morgan fingerprint density at radius 2 is 2.00 bits per heavy atom. The molecule has 0 atom stereocenters. The van der Waals surface area contributed by atoms with E-state index in [1.54, 1.807) is 22.8 Å². The van der Waals surface area contributed by atoms with Gasteiger partial charge in [0.15, 0.2) is 5.78 Å². The average molecular weight is 268 g/mol. The van der Waals surface area contributed by atoms with Gasteiger partial charge in [0.2, 0.25) is 0 Å². The molecular weight excluding hydrogens is 252 g/mol. The van der Waals surface area contributed by atoms with E-state index in [9.17, 15) is 9.59 Å². The molecule has 1 N–H and O–H groups in total. The first-order valence-corrected chi connectivity index (χ1v) is 6.76. The lowest BCUT2D eigenvalue weighted by Gasteiger charge is -2.23. The van der Waals surface area contributed by atoms with Gasteiger partial charge in [-0.25, -0.2) is 0 Å². The molecule has 2 heterocycles. The van der Waals surface area contributed by atoms with Crippen molar-refractivity contribution < 1.29 is 4.79 Å². The van der Waals surface area contributed by atoms with Crippen molar-refractivity contribution >= 4 is 11.6 Å². The zero-order valence-corrected chi connectivity index (χ0v) is 11.3. The van der Waals surface area contributed by atoms with Gasteiger partial charge in [-0.2, -0.15) is 0 Å². The number of fused-ring (bicyclic) bond motifs is 1. The van der Waals surface area contributed by atoms with Crippen molar-refractivity contribution in [2.75, 3.05) is 11.9 Å². The van der Waals surface area contributed by atoms with E-state index in [1.165, 1.54) is 0 Å². The van der Waals surface area contributed by atoms with Crippen molar-refractivity contribution in [1.29, 1.82) is 0 Å². The molecule has 0 radical (unpaired) electrons. The third-order valence-electron chi connectivity index (χ3n) is 3.62. The molecule has 1 aromatic carbocycles. The normalized spacial score (nSPS) is 13.4. The molecule has 102 valence electrons. The van der Waals surface area contributed by atoms with E-state index in [-0.39, 0.29) is 11.3 Å². The van der Waals surface area contributed by atoms with E-state index in [0.29, 0.717) is 23.5 Å². The number of carbonyl (C=O) groups is 1. The standard InChI is InChI=1S/C16H16N2O2/c1-11-10-13(19)18-9-5-8-17-16(18)14(11)15(20)12-6-3-2-4-7-12/h2-4,6-7,10,17H,5,8-9H2,1H3. The molecule has 0 fully saturated rings. The van der Waals surface area contributed by atoms with Gasteiger partial charge in [-0.3, -0.25) is 14.2 Å². The number of nitrogens with one attached hydrogen (secondary N) is 1. The van der Waals surface area contributed by atoms with Crippen molar-refractivity contribution in [3.8, 4) is 0 Å². The Bertz CT molecular complexity index is 717. The number of anilines is 1. The largest absolute Gasteiger partial charge is 0.371 e. The molecule has 2 aromatic rings. The number of aromatic nitrogens is 1. The first-order valence-electron chi connectivity index (χ1n) is 6.76. The van der Waals surface area contributed by atoms with Crippen LogP contribution in [0.4, 0.5) is 5.82 Å². The van der Waals surface area contributed by atoms with E-state index in [2.05, 4.69) is 5.32 Å². The zero-order chi connectivity index (χ0) is 14.1. The summed E-state index contributed by atoms with van der Waals surface area (Å²) in [6, 6.07) is 10.7. The van der Waals surface area contributed by atoms with Crippen LogP contribution < -0.4 is 10.9 Å². The number of hydrogen-bond acceptors (Lipinski definition) is 3. The van der Waals surface area contributed by atoms with Gasteiger partial charge in [-0.15, -0.1) is 0 Å². The first-order chi connectivity index (χ1) is 9.68. The van der Waals surface area contributed by atoms with Crippen molar-refractivity contribution in [2.24, 2.45) is 0 Å². The lowest BCUT2D eigenvalue weighted by Crippen LogP contribution is -2.31. The third kappa shape index (κ3) is 2.03. The molecule has 0 spiro atoms. The van der Waals surface area contributed by atoms with Crippen molar-refractivity contribution in [3.63, 3.8) is 0 Å². The molecular formula is C16H16N2O2. The van der Waals surface area contributed by atoms with Gasteiger partial charge >= 0.3 is 0 Å². The molecule has 0 saturated heterocycles. The lowest BCUT2D eigenvalue weighted by molar-refractivity contribution is 0.103. The summed E-state index contributed by atoms with van der Waals surface area (Å²) in [6.07, 6.45) is 0.898. The zero-order valence-electron chi connectivity index (χ0n) is 11.3. The van der Waals surface area contributed by atoms with Crippen LogP contribution in [0.15, 0.2) is 41.2 Å². The third-order valence-corrected chi connectivity index (χ3v) is 3.62. The molecule has 0 amide bonds. The Morgan fingerprint density at radius 1 is 1.25 bits per heavy atom. The maximum absolute atomic E-state index is 12.7. The summed E-state index contributed by atoms with van der Waals surface area (Å²) in [5, 5.41) is 3.21. The molecule has 4 nitrogen and oxygen atoms in total. The van der Waals surface area contributed by atoms with Gasteiger partial charge in [0, 0.05) is 24.7 Å². The monoisotopic (exact) mass is 268 g/mol. The Kier molecular flexibility index (Phi) is 3.14. The first kappa shape index (κ1) is 12.7. The SMILES string of the molecule is Cc1cc(=O)n2c(c1C(=O)c1ccccc1)NCCC2. The number of aryl methyl sites for hydroxylation is 1. The molecule has 1 aromatic heterocycles. The maximum atomic E-state index is 12.7. The Balaban J connectivity index is 2.19. The Morgan fingerprint density at radius 3 is 2.75 bits per heavy atom. The Labute approximate surface area is 117 Å². The average Bonchev–Trinajstić information content (AvgIpc) is 2.48. The van der Waals surface area contributed by atoms with Crippen LogP contribution in [0.1, 0.15) is 27.9 Å². The molecule has 4 heteroatoms. The van der Waals surface area contributed by atoms with Gasteiger partial charge in [0.1, 0.15) is 5.82 Å². The summed E-state index contributed by atoms with van der Waals surface area (Å²) in [6.45, 7) is 3.27. The highest BCUT2D eigenvalue weighted by atomic mass is 16.1. The van der Waals surface area contributed by atoms with Crippen LogP contribution in [0.2, 0.25) is 0 Å². The van der Waals surface area contributed by atoms with Crippen molar-refractivity contribution in [2.45, 2.75) is 19.9 Å². The minimum atomic E-state index is -0.0469. The second-order valence-electron chi connectivity index (χ2n) is 5.02. The minimum Gasteiger partial charge on any atom is -0.371 e. The maximum Gasteiger partial charge on any atom is 0.252 e. The van der Waals surface area contributed by atoms with Crippen LogP contribution in [0, 0.1) is 6.92 Å². The van der Waals surface area contributed by atoms with Gasteiger partial charge in [-0.05, 0) is 18.9 Å². The molecule has 0 aliphatic carbocycles. The highest BCUT2D eigenvalue weighted by Crippen LogP contribution is 2.23. The summed E-state index contributed by atoms with van der Waals surface area (Å²) in [5.41, 5.74) is 1.93. The van der Waals surface area contributed by atoms with E-state index in [4.69, 9.17) is 0 Å². The van der Waals surface area contributed by atoms with Gasteiger partial charge in [-0.1, -0.05) is 30.3 Å².